The first-order valence-electron chi connectivity index (χ1n) is 7.42. The molecule has 0 spiro atoms. The van der Waals surface area contributed by atoms with Crippen LogP contribution in [0.3, 0.4) is 0 Å². The molecule has 1 aromatic carbocycles. The summed E-state index contributed by atoms with van der Waals surface area (Å²) in [5.41, 5.74) is 6.60. The van der Waals surface area contributed by atoms with Crippen LogP contribution in [0, 0.1) is 6.92 Å². The number of aryl methyl sites for hydroxylation is 1. The van der Waals surface area contributed by atoms with Crippen molar-refractivity contribution in [3.8, 4) is 11.5 Å². The standard InChI is InChI=1S/C18H16N2O4/c1-10-7-8-16(23-10)15-9-13(18(22)24-11(2)17(19)21)12-5-3-4-6-14(12)20-15/h3-9,11H,1-2H3,(H2,19,21). The molecular weight excluding hydrogens is 308 g/mol. The van der Waals surface area contributed by atoms with Crippen molar-refractivity contribution >= 4 is 22.8 Å². The van der Waals surface area contributed by atoms with Crippen molar-refractivity contribution in [2.45, 2.75) is 20.0 Å². The van der Waals surface area contributed by atoms with Crippen molar-refractivity contribution in [3.63, 3.8) is 0 Å². The molecule has 2 heterocycles. The van der Waals surface area contributed by atoms with Crippen LogP contribution >= 0.6 is 0 Å². The Bertz CT molecular complexity index is 930. The number of carbonyl (C=O) groups is 2. The van der Waals surface area contributed by atoms with Gasteiger partial charge in [0.2, 0.25) is 0 Å². The van der Waals surface area contributed by atoms with Crippen molar-refractivity contribution in [2.24, 2.45) is 5.73 Å². The van der Waals surface area contributed by atoms with Gasteiger partial charge in [0.05, 0.1) is 11.1 Å². The van der Waals surface area contributed by atoms with Gasteiger partial charge in [0, 0.05) is 5.39 Å². The third kappa shape index (κ3) is 2.99. The van der Waals surface area contributed by atoms with E-state index in [1.807, 2.05) is 19.1 Å². The number of benzene rings is 1. The van der Waals surface area contributed by atoms with Crippen LogP contribution in [0.25, 0.3) is 22.4 Å². The maximum Gasteiger partial charge on any atom is 0.339 e. The number of amides is 1. The minimum atomic E-state index is -1.02. The second-order valence-electron chi connectivity index (χ2n) is 5.43. The molecule has 0 saturated carbocycles. The molecule has 1 amide bonds. The molecule has 3 aromatic rings. The number of hydrogen-bond acceptors (Lipinski definition) is 5. The predicted molar refractivity (Wildman–Crippen MR) is 88.3 cm³/mol. The highest BCUT2D eigenvalue weighted by atomic mass is 16.5. The minimum absolute atomic E-state index is 0.303. The maximum atomic E-state index is 12.5. The lowest BCUT2D eigenvalue weighted by Crippen LogP contribution is -2.30. The van der Waals surface area contributed by atoms with Gasteiger partial charge in [0.1, 0.15) is 11.5 Å². The average molecular weight is 324 g/mol. The number of nitrogens with zero attached hydrogens (tertiary/aromatic N) is 1. The molecule has 0 radical (unpaired) electrons. The van der Waals surface area contributed by atoms with Gasteiger partial charge in [0.25, 0.3) is 5.91 Å². The summed E-state index contributed by atoms with van der Waals surface area (Å²) in [4.78, 5) is 28.1. The second kappa shape index (κ2) is 6.16. The number of hydrogen-bond donors (Lipinski definition) is 1. The lowest BCUT2D eigenvalue weighted by atomic mass is 10.1. The molecule has 122 valence electrons. The normalized spacial score (nSPS) is 12.1. The molecular formula is C18H16N2O4. The van der Waals surface area contributed by atoms with E-state index in [0.717, 1.165) is 5.76 Å². The molecule has 0 saturated heterocycles. The van der Waals surface area contributed by atoms with Gasteiger partial charge in [-0.3, -0.25) is 4.79 Å². The zero-order valence-electron chi connectivity index (χ0n) is 13.3. The van der Waals surface area contributed by atoms with E-state index in [1.165, 1.54) is 6.92 Å². The van der Waals surface area contributed by atoms with Crippen LogP contribution in [0.5, 0.6) is 0 Å². The predicted octanol–water partition coefficient (Wildman–Crippen LogP) is 2.83. The van der Waals surface area contributed by atoms with Crippen LogP contribution in [-0.4, -0.2) is 23.0 Å². The first-order chi connectivity index (χ1) is 11.5. The van der Waals surface area contributed by atoms with Crippen LogP contribution in [0.4, 0.5) is 0 Å². The van der Waals surface area contributed by atoms with Gasteiger partial charge < -0.3 is 14.9 Å². The van der Waals surface area contributed by atoms with E-state index in [0.29, 0.717) is 27.9 Å². The first kappa shape index (κ1) is 15.7. The van der Waals surface area contributed by atoms with Crippen LogP contribution < -0.4 is 5.73 Å². The number of pyridine rings is 1. The van der Waals surface area contributed by atoms with E-state index < -0.39 is 18.0 Å². The largest absolute Gasteiger partial charge is 0.460 e. The number of furan rings is 1. The number of nitrogens with two attached hydrogens (primary N) is 1. The molecule has 2 N–H and O–H groups in total. The van der Waals surface area contributed by atoms with E-state index in [-0.39, 0.29) is 0 Å². The summed E-state index contributed by atoms with van der Waals surface area (Å²) in [7, 11) is 0. The second-order valence-corrected chi connectivity index (χ2v) is 5.43. The number of aromatic nitrogens is 1. The SMILES string of the molecule is Cc1ccc(-c2cc(C(=O)OC(C)C(N)=O)c3ccccc3n2)o1. The molecule has 3 rings (SSSR count). The highest BCUT2D eigenvalue weighted by Crippen LogP contribution is 2.26. The monoisotopic (exact) mass is 324 g/mol. The molecule has 0 aliphatic carbocycles. The lowest BCUT2D eigenvalue weighted by molar-refractivity contribution is -0.125. The van der Waals surface area contributed by atoms with Crippen LogP contribution in [-0.2, 0) is 9.53 Å². The van der Waals surface area contributed by atoms with Gasteiger partial charge in [0.15, 0.2) is 11.9 Å². The van der Waals surface area contributed by atoms with Gasteiger partial charge >= 0.3 is 5.97 Å². The molecule has 0 bridgehead atoms. The molecule has 1 unspecified atom stereocenters. The summed E-state index contributed by atoms with van der Waals surface area (Å²) in [5, 5.41) is 0.631. The van der Waals surface area contributed by atoms with Crippen LogP contribution in [0.2, 0.25) is 0 Å². The van der Waals surface area contributed by atoms with Gasteiger partial charge in [-0.2, -0.15) is 0 Å². The quantitative estimate of drug-likeness (QED) is 0.745. The summed E-state index contributed by atoms with van der Waals surface area (Å²) in [6.45, 7) is 3.26. The lowest BCUT2D eigenvalue weighted by Gasteiger charge is -2.12. The van der Waals surface area contributed by atoms with Crippen molar-refractivity contribution in [1.82, 2.24) is 4.98 Å². The summed E-state index contributed by atoms with van der Waals surface area (Å²) < 4.78 is 10.7. The number of carbonyl (C=O) groups excluding carboxylic acids is 2. The summed E-state index contributed by atoms with van der Waals surface area (Å²) in [6, 6.07) is 12.4. The van der Waals surface area contributed by atoms with E-state index in [4.69, 9.17) is 14.9 Å². The summed E-state index contributed by atoms with van der Waals surface area (Å²) in [6.07, 6.45) is -1.02. The molecule has 1 atom stereocenters. The number of primary amides is 1. The Hall–Kier alpha value is -3.15. The van der Waals surface area contributed by atoms with Crippen LogP contribution in [0.1, 0.15) is 23.0 Å². The van der Waals surface area contributed by atoms with E-state index in [2.05, 4.69) is 4.98 Å². The molecule has 6 nitrogen and oxygen atoms in total. The van der Waals surface area contributed by atoms with Gasteiger partial charge in [-0.25, -0.2) is 9.78 Å². The highest BCUT2D eigenvalue weighted by Gasteiger charge is 2.20. The number of para-hydroxylation sites is 1. The van der Waals surface area contributed by atoms with E-state index >= 15 is 0 Å². The summed E-state index contributed by atoms with van der Waals surface area (Å²) >= 11 is 0. The fraction of sp³-hybridized carbons (Fsp3) is 0.167. The molecule has 0 aliphatic heterocycles. The Kier molecular flexibility index (Phi) is 4.04. The number of rotatable bonds is 4. The average Bonchev–Trinajstić information content (AvgIpc) is 3.00. The van der Waals surface area contributed by atoms with Crippen molar-refractivity contribution in [3.05, 3.63) is 53.8 Å². The van der Waals surface area contributed by atoms with Crippen molar-refractivity contribution in [1.29, 1.82) is 0 Å². The Morgan fingerprint density at radius 3 is 2.62 bits per heavy atom. The fourth-order valence-electron chi connectivity index (χ4n) is 2.32. The fourth-order valence-corrected chi connectivity index (χ4v) is 2.32. The zero-order chi connectivity index (χ0) is 17.3. The topological polar surface area (TPSA) is 95.4 Å². The number of ether oxygens (including phenoxy) is 1. The summed E-state index contributed by atoms with van der Waals surface area (Å²) in [5.74, 6) is -0.0466. The van der Waals surface area contributed by atoms with Crippen molar-refractivity contribution in [2.75, 3.05) is 0 Å². The van der Waals surface area contributed by atoms with Crippen molar-refractivity contribution < 1.29 is 18.7 Å². The molecule has 24 heavy (non-hydrogen) atoms. The highest BCUT2D eigenvalue weighted by molar-refractivity contribution is 6.05. The Morgan fingerprint density at radius 1 is 1.21 bits per heavy atom. The Labute approximate surface area is 138 Å². The smallest absolute Gasteiger partial charge is 0.339 e. The van der Waals surface area contributed by atoms with Gasteiger partial charge in [-0.05, 0) is 38.1 Å². The van der Waals surface area contributed by atoms with Gasteiger partial charge in [-0.1, -0.05) is 18.2 Å². The molecule has 6 heteroatoms. The maximum absolute atomic E-state index is 12.5. The Morgan fingerprint density at radius 2 is 1.96 bits per heavy atom. The Balaban J connectivity index is 2.11. The number of fused-ring (bicyclic) bond motifs is 1. The first-order valence-corrected chi connectivity index (χ1v) is 7.42. The van der Waals surface area contributed by atoms with Crippen LogP contribution in [0.15, 0.2) is 46.9 Å². The molecule has 0 aliphatic rings. The zero-order valence-corrected chi connectivity index (χ0v) is 13.3. The van der Waals surface area contributed by atoms with E-state index in [1.54, 1.807) is 30.3 Å². The number of esters is 1. The minimum Gasteiger partial charge on any atom is -0.460 e. The van der Waals surface area contributed by atoms with E-state index in [9.17, 15) is 9.59 Å². The van der Waals surface area contributed by atoms with Gasteiger partial charge in [-0.15, -0.1) is 0 Å². The molecule has 2 aromatic heterocycles. The molecule has 0 fully saturated rings. The third-order valence-electron chi connectivity index (χ3n) is 3.61. The third-order valence-corrected chi connectivity index (χ3v) is 3.61.